The molecule has 1 aliphatic heterocycles. The molecule has 1 atom stereocenters. The molecule has 2 N–H and O–H groups in total. The largest absolute Gasteiger partial charge is 0.368 e. The summed E-state index contributed by atoms with van der Waals surface area (Å²) in [7, 11) is 0. The molecule has 132 valence electrons. The number of benzene rings is 1. The Hall–Kier alpha value is -1.95. The molecule has 24 heavy (non-hydrogen) atoms. The summed E-state index contributed by atoms with van der Waals surface area (Å²) in [5.41, 5.74) is 6.51. The number of halogens is 1. The molecule has 2 rings (SSSR count). The number of primary amides is 1. The second-order valence-electron chi connectivity index (χ2n) is 6.57. The molecule has 0 spiro atoms. The molecule has 0 aliphatic carbocycles. The maximum atomic E-state index is 12.9. The molecule has 2 amide bonds. The number of rotatable bonds is 6. The fourth-order valence-corrected chi connectivity index (χ4v) is 3.15. The van der Waals surface area contributed by atoms with Crippen molar-refractivity contribution in [2.45, 2.75) is 45.2 Å². The average Bonchev–Trinajstić information content (AvgIpc) is 2.55. The summed E-state index contributed by atoms with van der Waals surface area (Å²) in [5.74, 6) is -0.588. The summed E-state index contributed by atoms with van der Waals surface area (Å²) >= 11 is 0. The second kappa shape index (κ2) is 8.24. The minimum Gasteiger partial charge on any atom is -0.368 e. The van der Waals surface area contributed by atoms with E-state index >= 15 is 0 Å². The molecule has 0 radical (unpaired) electrons. The molecule has 1 aliphatic rings. The lowest BCUT2D eigenvalue weighted by Gasteiger charge is -2.42. The summed E-state index contributed by atoms with van der Waals surface area (Å²) < 4.78 is 12.9. The molecule has 0 aromatic heterocycles. The van der Waals surface area contributed by atoms with Crippen LogP contribution in [0.4, 0.5) is 4.39 Å². The highest BCUT2D eigenvalue weighted by Crippen LogP contribution is 2.15. The van der Waals surface area contributed by atoms with Gasteiger partial charge in [-0.3, -0.25) is 14.5 Å². The number of amides is 2. The summed E-state index contributed by atoms with van der Waals surface area (Å²) in [4.78, 5) is 27.8. The van der Waals surface area contributed by atoms with Crippen LogP contribution in [0, 0.1) is 5.82 Å². The zero-order chi connectivity index (χ0) is 17.7. The van der Waals surface area contributed by atoms with Gasteiger partial charge in [-0.05, 0) is 44.4 Å². The number of nitrogens with two attached hydrogens (primary N) is 1. The zero-order valence-corrected chi connectivity index (χ0v) is 14.4. The van der Waals surface area contributed by atoms with Crippen molar-refractivity contribution >= 4 is 11.8 Å². The molecule has 1 fully saturated rings. The Morgan fingerprint density at radius 1 is 1.25 bits per heavy atom. The first-order valence-corrected chi connectivity index (χ1v) is 8.45. The van der Waals surface area contributed by atoms with Gasteiger partial charge in [-0.2, -0.15) is 0 Å². The Balaban J connectivity index is 1.84. The Bertz CT molecular complexity index is 574. The minimum atomic E-state index is -0.417. The third-order valence-electron chi connectivity index (χ3n) is 4.54. The highest BCUT2D eigenvalue weighted by molar-refractivity contribution is 5.82. The quantitative estimate of drug-likeness (QED) is 0.858. The Morgan fingerprint density at radius 3 is 2.50 bits per heavy atom. The van der Waals surface area contributed by atoms with Gasteiger partial charge in [0.1, 0.15) is 11.9 Å². The summed E-state index contributed by atoms with van der Waals surface area (Å²) in [6, 6.07) is 6.15. The summed E-state index contributed by atoms with van der Waals surface area (Å²) in [6.45, 7) is 5.70. The van der Waals surface area contributed by atoms with E-state index in [0.29, 0.717) is 32.5 Å². The van der Waals surface area contributed by atoms with Gasteiger partial charge >= 0.3 is 0 Å². The molecule has 6 heteroatoms. The van der Waals surface area contributed by atoms with Gasteiger partial charge in [-0.15, -0.1) is 0 Å². The number of hydrogen-bond acceptors (Lipinski definition) is 3. The van der Waals surface area contributed by atoms with Crippen molar-refractivity contribution in [1.29, 1.82) is 0 Å². The van der Waals surface area contributed by atoms with Crippen LogP contribution in [-0.4, -0.2) is 53.3 Å². The van der Waals surface area contributed by atoms with E-state index in [1.807, 2.05) is 18.7 Å². The fraction of sp³-hybridized carbons (Fsp3) is 0.556. The van der Waals surface area contributed by atoms with Crippen LogP contribution in [0.5, 0.6) is 0 Å². The third-order valence-corrected chi connectivity index (χ3v) is 4.54. The number of carbonyl (C=O) groups excluding carboxylic acids is 2. The Kier molecular flexibility index (Phi) is 6.31. The second-order valence-corrected chi connectivity index (χ2v) is 6.57. The highest BCUT2D eigenvalue weighted by Gasteiger charge is 2.33. The van der Waals surface area contributed by atoms with Crippen molar-refractivity contribution in [1.82, 2.24) is 9.80 Å². The number of hydrogen-bond donors (Lipinski definition) is 1. The predicted octanol–water partition coefficient (Wildman–Crippen LogP) is 1.55. The van der Waals surface area contributed by atoms with Crippen LogP contribution in [0.25, 0.3) is 0 Å². The van der Waals surface area contributed by atoms with E-state index < -0.39 is 6.04 Å². The van der Waals surface area contributed by atoms with Crippen LogP contribution in [0.2, 0.25) is 0 Å². The number of carbonyl (C=O) groups is 2. The van der Waals surface area contributed by atoms with Gasteiger partial charge in [0.15, 0.2) is 0 Å². The van der Waals surface area contributed by atoms with E-state index in [1.54, 1.807) is 17.0 Å². The lowest BCUT2D eigenvalue weighted by molar-refractivity contribution is -0.138. The summed E-state index contributed by atoms with van der Waals surface area (Å²) in [5, 5.41) is 0. The van der Waals surface area contributed by atoms with Gasteiger partial charge in [0, 0.05) is 32.1 Å². The van der Waals surface area contributed by atoms with E-state index in [4.69, 9.17) is 5.73 Å². The SMILES string of the molecule is CC(C)N1CCN(C(=O)CCCc2ccc(F)cc2)CC1C(N)=O. The van der Waals surface area contributed by atoms with Crippen molar-refractivity contribution in [2.24, 2.45) is 5.73 Å². The topological polar surface area (TPSA) is 66.6 Å². The smallest absolute Gasteiger partial charge is 0.236 e. The number of piperazine rings is 1. The Morgan fingerprint density at radius 2 is 1.92 bits per heavy atom. The maximum Gasteiger partial charge on any atom is 0.236 e. The first kappa shape index (κ1) is 18.4. The van der Waals surface area contributed by atoms with Gasteiger partial charge in [0.2, 0.25) is 11.8 Å². The molecular weight excluding hydrogens is 309 g/mol. The molecule has 0 bridgehead atoms. The first-order chi connectivity index (χ1) is 11.4. The van der Waals surface area contributed by atoms with Crippen LogP contribution < -0.4 is 5.73 Å². The monoisotopic (exact) mass is 335 g/mol. The molecular formula is C18H26FN3O2. The van der Waals surface area contributed by atoms with Crippen LogP contribution in [0.15, 0.2) is 24.3 Å². The van der Waals surface area contributed by atoms with E-state index in [2.05, 4.69) is 0 Å². The fourth-order valence-electron chi connectivity index (χ4n) is 3.15. The van der Waals surface area contributed by atoms with Crippen molar-refractivity contribution in [3.63, 3.8) is 0 Å². The molecule has 1 unspecified atom stereocenters. The lowest BCUT2D eigenvalue weighted by Crippen LogP contribution is -2.61. The zero-order valence-electron chi connectivity index (χ0n) is 14.4. The first-order valence-electron chi connectivity index (χ1n) is 8.45. The highest BCUT2D eigenvalue weighted by atomic mass is 19.1. The van der Waals surface area contributed by atoms with E-state index in [1.165, 1.54) is 12.1 Å². The van der Waals surface area contributed by atoms with Gasteiger partial charge in [0.25, 0.3) is 0 Å². The van der Waals surface area contributed by atoms with E-state index in [9.17, 15) is 14.0 Å². The number of aryl methyl sites for hydroxylation is 1. The van der Waals surface area contributed by atoms with Gasteiger partial charge < -0.3 is 10.6 Å². The molecule has 1 aromatic carbocycles. The number of nitrogens with zero attached hydrogens (tertiary/aromatic N) is 2. The van der Waals surface area contributed by atoms with Crippen molar-refractivity contribution in [3.05, 3.63) is 35.6 Å². The van der Waals surface area contributed by atoms with Crippen LogP contribution >= 0.6 is 0 Å². The van der Waals surface area contributed by atoms with Gasteiger partial charge in [0.05, 0.1) is 0 Å². The normalized spacial score (nSPS) is 18.8. The Labute approximate surface area is 142 Å². The third kappa shape index (κ3) is 4.77. The minimum absolute atomic E-state index is 0.0479. The van der Waals surface area contributed by atoms with Crippen LogP contribution in [0.1, 0.15) is 32.3 Å². The molecule has 1 saturated heterocycles. The standard InChI is InChI=1S/C18H26FN3O2/c1-13(2)22-11-10-21(12-16(22)18(20)24)17(23)5-3-4-14-6-8-15(19)9-7-14/h6-9,13,16H,3-5,10-12H2,1-2H3,(H2,20,24). The maximum absolute atomic E-state index is 12.9. The van der Waals surface area contributed by atoms with Crippen molar-refractivity contribution in [3.8, 4) is 0 Å². The molecule has 5 nitrogen and oxygen atoms in total. The molecule has 1 heterocycles. The lowest BCUT2D eigenvalue weighted by atomic mass is 10.1. The van der Waals surface area contributed by atoms with Crippen molar-refractivity contribution < 1.29 is 14.0 Å². The van der Waals surface area contributed by atoms with Crippen LogP contribution in [-0.2, 0) is 16.0 Å². The molecule has 1 aromatic rings. The van der Waals surface area contributed by atoms with E-state index in [0.717, 1.165) is 12.0 Å². The summed E-state index contributed by atoms with van der Waals surface area (Å²) in [6.07, 6.45) is 1.86. The van der Waals surface area contributed by atoms with Gasteiger partial charge in [-0.1, -0.05) is 12.1 Å². The van der Waals surface area contributed by atoms with Gasteiger partial charge in [-0.25, -0.2) is 4.39 Å². The molecule has 0 saturated carbocycles. The van der Waals surface area contributed by atoms with E-state index in [-0.39, 0.29) is 23.7 Å². The predicted molar refractivity (Wildman–Crippen MR) is 90.7 cm³/mol. The van der Waals surface area contributed by atoms with Crippen molar-refractivity contribution in [2.75, 3.05) is 19.6 Å². The van der Waals surface area contributed by atoms with Crippen LogP contribution in [0.3, 0.4) is 0 Å². The average molecular weight is 335 g/mol.